The van der Waals surface area contributed by atoms with Crippen molar-refractivity contribution in [2.24, 2.45) is 5.92 Å². The van der Waals surface area contributed by atoms with E-state index in [4.69, 9.17) is 26.1 Å². The molecule has 1 aliphatic carbocycles. The van der Waals surface area contributed by atoms with Gasteiger partial charge in [-0.2, -0.15) is 0 Å². The summed E-state index contributed by atoms with van der Waals surface area (Å²) >= 11 is 6.39. The summed E-state index contributed by atoms with van der Waals surface area (Å²) in [6, 6.07) is 10.1. The van der Waals surface area contributed by atoms with Crippen molar-refractivity contribution in [3.05, 3.63) is 58.3 Å². The molecule has 26 heavy (non-hydrogen) atoms. The summed E-state index contributed by atoms with van der Waals surface area (Å²) in [5.74, 6) is 1.97. The number of hydrogen-bond acceptors (Lipinski definition) is 3. The van der Waals surface area contributed by atoms with E-state index in [-0.39, 0.29) is 0 Å². The second-order valence-corrected chi connectivity index (χ2v) is 7.10. The van der Waals surface area contributed by atoms with Gasteiger partial charge in [-0.3, -0.25) is 0 Å². The van der Waals surface area contributed by atoms with E-state index in [1.807, 2.05) is 18.2 Å². The van der Waals surface area contributed by atoms with E-state index >= 15 is 0 Å². The van der Waals surface area contributed by atoms with Crippen molar-refractivity contribution < 1.29 is 9.47 Å². The van der Waals surface area contributed by atoms with E-state index in [1.54, 1.807) is 14.2 Å². The third kappa shape index (κ3) is 4.04. The maximum atomic E-state index is 6.39. The van der Waals surface area contributed by atoms with Crippen molar-refractivity contribution in [1.82, 2.24) is 4.98 Å². The van der Waals surface area contributed by atoms with Crippen LogP contribution in [0.5, 0.6) is 11.6 Å². The molecule has 1 fully saturated rings. The van der Waals surface area contributed by atoms with Gasteiger partial charge < -0.3 is 9.47 Å². The normalized spacial score (nSPS) is 15.3. The summed E-state index contributed by atoms with van der Waals surface area (Å²) in [7, 11) is 3.31. The highest BCUT2D eigenvalue weighted by Gasteiger charge is 2.18. The summed E-state index contributed by atoms with van der Waals surface area (Å²) in [4.78, 5) is 4.79. The highest BCUT2D eigenvalue weighted by atomic mass is 35.5. The van der Waals surface area contributed by atoms with Crippen molar-refractivity contribution in [2.45, 2.75) is 39.0 Å². The lowest BCUT2D eigenvalue weighted by Gasteiger charge is -2.15. The first-order valence-electron chi connectivity index (χ1n) is 9.26. The molecule has 1 aromatic heterocycles. The van der Waals surface area contributed by atoms with E-state index in [9.17, 15) is 0 Å². The fourth-order valence-electron chi connectivity index (χ4n) is 3.59. The second kappa shape index (κ2) is 8.59. The van der Waals surface area contributed by atoms with Crippen molar-refractivity contribution in [1.29, 1.82) is 0 Å². The van der Waals surface area contributed by atoms with Gasteiger partial charge in [0.2, 0.25) is 5.88 Å². The highest BCUT2D eigenvalue weighted by Crippen LogP contribution is 2.35. The molecule has 0 amide bonds. The highest BCUT2D eigenvalue weighted by molar-refractivity contribution is 6.32. The van der Waals surface area contributed by atoms with Crippen LogP contribution in [0.25, 0.3) is 5.57 Å². The predicted octanol–water partition coefficient (Wildman–Crippen LogP) is 5.94. The monoisotopic (exact) mass is 371 g/mol. The minimum atomic E-state index is 0.588. The number of ether oxygens (including phenoxy) is 2. The Morgan fingerprint density at radius 3 is 2.54 bits per heavy atom. The van der Waals surface area contributed by atoms with Gasteiger partial charge in [0.1, 0.15) is 5.75 Å². The first kappa shape index (κ1) is 18.8. The van der Waals surface area contributed by atoms with Gasteiger partial charge in [0, 0.05) is 11.1 Å². The third-order valence-electron chi connectivity index (χ3n) is 5.05. The number of aromatic nitrogens is 1. The molecule has 0 aliphatic heterocycles. The third-order valence-corrected chi connectivity index (χ3v) is 5.35. The number of rotatable bonds is 6. The quantitative estimate of drug-likeness (QED) is 0.630. The Morgan fingerprint density at radius 2 is 1.92 bits per heavy atom. The minimum Gasteiger partial charge on any atom is -0.495 e. The zero-order valence-corrected chi connectivity index (χ0v) is 16.5. The van der Waals surface area contributed by atoms with Crippen LogP contribution in [0.2, 0.25) is 5.02 Å². The molecular weight excluding hydrogens is 346 g/mol. The molecule has 0 atom stereocenters. The number of pyridine rings is 1. The molecule has 2 aromatic rings. The van der Waals surface area contributed by atoms with Crippen LogP contribution in [0, 0.1) is 5.92 Å². The fourth-order valence-corrected chi connectivity index (χ4v) is 3.85. The van der Waals surface area contributed by atoms with Crippen LogP contribution in [-0.4, -0.2) is 19.2 Å². The van der Waals surface area contributed by atoms with Crippen LogP contribution in [-0.2, 0) is 6.42 Å². The molecule has 0 saturated heterocycles. The predicted molar refractivity (Wildman–Crippen MR) is 107 cm³/mol. The largest absolute Gasteiger partial charge is 0.495 e. The molecule has 0 N–H and O–H groups in total. The van der Waals surface area contributed by atoms with Crippen molar-refractivity contribution in [3.63, 3.8) is 0 Å². The molecule has 3 rings (SSSR count). The second-order valence-electron chi connectivity index (χ2n) is 6.69. The lowest BCUT2D eigenvalue weighted by Crippen LogP contribution is -2.01. The summed E-state index contributed by atoms with van der Waals surface area (Å²) in [6.45, 7) is 2.11. The Hall–Kier alpha value is -2.00. The Balaban J connectivity index is 2.08. The van der Waals surface area contributed by atoms with Gasteiger partial charge in [0.05, 0.1) is 24.9 Å². The Kier molecular flexibility index (Phi) is 6.20. The van der Waals surface area contributed by atoms with Crippen LogP contribution in [0.3, 0.4) is 0 Å². The molecule has 1 saturated carbocycles. The lowest BCUT2D eigenvalue weighted by atomic mass is 9.95. The molecule has 3 nitrogen and oxygen atoms in total. The lowest BCUT2D eigenvalue weighted by molar-refractivity contribution is 0.392. The molecule has 138 valence electrons. The van der Waals surface area contributed by atoms with E-state index in [1.165, 1.54) is 25.7 Å². The number of benzene rings is 1. The SMILES string of the molecule is CCc1ccc(C(=CC2CCCC2)c2ccc(OC)c(Cl)c2)nc1OC. The van der Waals surface area contributed by atoms with E-state index in [2.05, 4.69) is 25.1 Å². The van der Waals surface area contributed by atoms with E-state index in [0.717, 1.165) is 28.8 Å². The van der Waals surface area contributed by atoms with Gasteiger partial charge in [-0.25, -0.2) is 4.98 Å². The van der Waals surface area contributed by atoms with Crippen molar-refractivity contribution in [3.8, 4) is 11.6 Å². The number of methoxy groups -OCH3 is 2. The van der Waals surface area contributed by atoms with Gasteiger partial charge >= 0.3 is 0 Å². The van der Waals surface area contributed by atoms with Crippen LogP contribution >= 0.6 is 11.6 Å². The molecular formula is C22H26ClNO2. The molecule has 0 unspecified atom stereocenters. The van der Waals surface area contributed by atoms with Crippen molar-refractivity contribution >= 4 is 17.2 Å². The van der Waals surface area contributed by atoms with Gasteiger partial charge in [-0.05, 0) is 48.9 Å². The fraction of sp³-hybridized carbons (Fsp3) is 0.409. The average Bonchev–Trinajstić information content (AvgIpc) is 3.18. The number of halogens is 1. The van der Waals surface area contributed by atoms with Gasteiger partial charge in [0.25, 0.3) is 0 Å². The molecule has 0 spiro atoms. The Bertz CT molecular complexity index is 795. The van der Waals surface area contributed by atoms with Gasteiger partial charge in [-0.15, -0.1) is 0 Å². The first-order valence-corrected chi connectivity index (χ1v) is 9.64. The Morgan fingerprint density at radius 1 is 1.15 bits per heavy atom. The molecule has 4 heteroatoms. The van der Waals surface area contributed by atoms with Crippen LogP contribution in [0.15, 0.2) is 36.4 Å². The molecule has 0 radical (unpaired) electrons. The maximum Gasteiger partial charge on any atom is 0.216 e. The zero-order chi connectivity index (χ0) is 18.5. The number of allylic oxidation sites excluding steroid dienone is 1. The smallest absolute Gasteiger partial charge is 0.216 e. The Labute approximate surface area is 161 Å². The maximum absolute atomic E-state index is 6.39. The molecule has 1 aromatic carbocycles. The van der Waals surface area contributed by atoms with Crippen LogP contribution in [0.4, 0.5) is 0 Å². The molecule has 1 aliphatic rings. The van der Waals surface area contributed by atoms with E-state index in [0.29, 0.717) is 22.6 Å². The standard InChI is InChI=1S/C22H26ClNO2/c1-4-16-9-11-20(24-22(16)26-3)18(13-15-7-5-6-8-15)17-10-12-21(25-2)19(23)14-17/h9-15H,4-8H2,1-3H3. The number of aryl methyl sites for hydroxylation is 1. The van der Waals surface area contributed by atoms with Gasteiger partial charge in [-0.1, -0.05) is 49.6 Å². The minimum absolute atomic E-state index is 0.588. The number of hydrogen-bond donors (Lipinski definition) is 0. The van der Waals surface area contributed by atoms with Crippen LogP contribution < -0.4 is 9.47 Å². The summed E-state index contributed by atoms with van der Waals surface area (Å²) in [6.07, 6.45) is 8.31. The average molecular weight is 372 g/mol. The van der Waals surface area contributed by atoms with Gasteiger partial charge in [0.15, 0.2) is 0 Å². The summed E-state index contributed by atoms with van der Waals surface area (Å²) in [5.41, 5.74) is 4.21. The molecule has 1 heterocycles. The van der Waals surface area contributed by atoms with Crippen molar-refractivity contribution in [2.75, 3.05) is 14.2 Å². The van der Waals surface area contributed by atoms with E-state index < -0.39 is 0 Å². The summed E-state index contributed by atoms with van der Waals surface area (Å²) < 4.78 is 10.8. The van der Waals surface area contributed by atoms with Crippen LogP contribution in [0.1, 0.15) is 49.4 Å². The molecule has 0 bridgehead atoms. The first-order chi connectivity index (χ1) is 12.7. The zero-order valence-electron chi connectivity index (χ0n) is 15.7. The number of nitrogens with zero attached hydrogens (tertiary/aromatic N) is 1. The summed E-state index contributed by atoms with van der Waals surface area (Å²) in [5, 5.41) is 0.611. The topological polar surface area (TPSA) is 31.4 Å².